The molecule has 0 N–H and O–H groups in total. The zero-order chi connectivity index (χ0) is 27.7. The first kappa shape index (κ1) is 28.4. The van der Waals surface area contributed by atoms with Crippen molar-refractivity contribution in [3.05, 3.63) is 70.1 Å². The van der Waals surface area contributed by atoms with E-state index in [9.17, 15) is 25.9 Å². The quantitative estimate of drug-likeness (QED) is 0.199. The second-order valence-corrected chi connectivity index (χ2v) is 13.4. The number of benzene rings is 2. The van der Waals surface area contributed by atoms with Crippen molar-refractivity contribution in [3.8, 4) is 0 Å². The van der Waals surface area contributed by atoms with Crippen LogP contribution in [-0.4, -0.2) is 44.0 Å². The van der Waals surface area contributed by atoms with Crippen LogP contribution in [0.2, 0.25) is 0 Å². The number of anilines is 1. The Hall–Kier alpha value is -2.64. The molecule has 204 valence electrons. The Morgan fingerprint density at radius 2 is 1.71 bits per heavy atom. The van der Waals surface area contributed by atoms with E-state index >= 15 is 0 Å². The number of hydrogen-bond acceptors (Lipinski definition) is 9. The van der Waals surface area contributed by atoms with Crippen LogP contribution in [0.5, 0.6) is 0 Å². The molecule has 0 saturated heterocycles. The van der Waals surface area contributed by atoms with Crippen LogP contribution in [-0.2, 0) is 26.8 Å². The Bertz CT molecular complexity index is 1640. The summed E-state index contributed by atoms with van der Waals surface area (Å²) in [6, 6.07) is 11.4. The number of rotatable bonds is 10. The van der Waals surface area contributed by atoms with Gasteiger partial charge in [-0.15, -0.1) is 0 Å². The lowest BCUT2D eigenvalue weighted by molar-refractivity contribution is -0.673. The molecule has 0 atom stereocenters. The van der Waals surface area contributed by atoms with E-state index in [-0.39, 0.29) is 13.0 Å². The maximum atomic E-state index is 11.3. The third kappa shape index (κ3) is 7.06. The summed E-state index contributed by atoms with van der Waals surface area (Å²) in [5, 5.41) is 0.938. The molecule has 0 unspecified atom stereocenters. The van der Waals surface area contributed by atoms with Crippen LogP contribution in [0.25, 0.3) is 17.2 Å². The number of unbranched alkanes of at least 4 members (excludes halogenated alkanes) is 1. The Kier molecular flexibility index (Phi) is 8.38. The number of fused-ring (bicyclic) bond motifs is 2. The van der Waals surface area contributed by atoms with E-state index in [2.05, 4.69) is 24.0 Å². The largest absolute Gasteiger partial charge is 0.748 e. The van der Waals surface area contributed by atoms with Gasteiger partial charge in [0.1, 0.15) is 10.1 Å². The molecule has 0 amide bonds. The fourth-order valence-corrected chi connectivity index (χ4v) is 6.51. The first-order valence-electron chi connectivity index (χ1n) is 12.1. The third-order valence-electron chi connectivity index (χ3n) is 6.28. The number of nitrogens with zero attached hydrogens (tertiary/aromatic N) is 2. The van der Waals surface area contributed by atoms with Gasteiger partial charge in [-0.2, -0.15) is 4.57 Å². The average Bonchev–Trinajstić information content (AvgIpc) is 3.31. The van der Waals surface area contributed by atoms with E-state index in [1.165, 1.54) is 5.56 Å². The van der Waals surface area contributed by atoms with Gasteiger partial charge in [-0.3, -0.25) is 0 Å². The highest BCUT2D eigenvalue weighted by molar-refractivity contribution is 8.03. The number of aryl methyl sites for hydroxylation is 3. The van der Waals surface area contributed by atoms with Gasteiger partial charge in [-0.25, -0.2) is 16.8 Å². The van der Waals surface area contributed by atoms with Gasteiger partial charge < -0.3 is 18.4 Å². The summed E-state index contributed by atoms with van der Waals surface area (Å²) in [7, 11) is -8.67. The van der Waals surface area contributed by atoms with Gasteiger partial charge in [0.15, 0.2) is 6.54 Å². The van der Waals surface area contributed by atoms with Crippen LogP contribution in [0, 0.1) is 13.8 Å². The predicted molar refractivity (Wildman–Crippen MR) is 146 cm³/mol. The highest BCUT2D eigenvalue weighted by Gasteiger charge is 2.26. The molecule has 1 aliphatic heterocycles. The second-order valence-electron chi connectivity index (χ2n) is 9.32. The molecule has 2 aromatic carbocycles. The molecule has 0 radical (unpaired) electrons. The normalized spacial score (nSPS) is 15.6. The first-order valence-corrected chi connectivity index (χ1v) is 16.0. The lowest BCUT2D eigenvalue weighted by Crippen LogP contribution is -2.38. The summed E-state index contributed by atoms with van der Waals surface area (Å²) >= 11 is 1.60. The van der Waals surface area contributed by atoms with Crippen molar-refractivity contribution in [1.82, 2.24) is 0 Å². The van der Waals surface area contributed by atoms with Crippen molar-refractivity contribution < 1.29 is 34.9 Å². The highest BCUT2D eigenvalue weighted by Crippen LogP contribution is 2.47. The van der Waals surface area contributed by atoms with Crippen LogP contribution in [0.4, 0.5) is 5.69 Å². The maximum Gasteiger partial charge on any atom is 0.374 e. The molecule has 0 aliphatic carbocycles. The number of hydrogen-bond donors (Lipinski definition) is 0. The molecule has 0 spiro atoms. The molecule has 0 bridgehead atoms. The number of oxazole rings is 1. The SMILES string of the molecule is CC(/C=C1\Sc2cc(C)c(C)cc2N1CCCCS(=O)(=O)[O-])=C\c1oc2ccccc2[n+]1CCS(=O)(=O)[O-]. The third-order valence-corrected chi connectivity index (χ3v) is 8.84. The van der Waals surface area contributed by atoms with Gasteiger partial charge >= 0.3 is 5.89 Å². The van der Waals surface area contributed by atoms with Gasteiger partial charge in [0.05, 0.1) is 32.7 Å². The number of para-hydroxylation sites is 2. The molecule has 0 fully saturated rings. The Morgan fingerprint density at radius 3 is 2.42 bits per heavy atom. The standard InChI is InChI=1S/C26H30N2O7S3/c1-18(14-25-27(11-13-38(32,33)34)21-8-4-5-9-23(21)35-25)15-26-28(10-6-7-12-37(29,30)31)22-16-19(2)20(3)17-24(22)36-26/h4-5,8-9,14-17H,6-7,10-13H2,1-3H3,(H-,29,30,31,32,33,34)/p-1. The smallest absolute Gasteiger partial charge is 0.374 e. The molecule has 1 aromatic heterocycles. The summed E-state index contributed by atoms with van der Waals surface area (Å²) < 4.78 is 74.6. The predicted octanol–water partition coefficient (Wildman–Crippen LogP) is 4.06. The van der Waals surface area contributed by atoms with Crippen LogP contribution >= 0.6 is 11.8 Å². The molecule has 4 rings (SSSR count). The molecule has 0 saturated carbocycles. The Balaban J connectivity index is 1.66. The van der Waals surface area contributed by atoms with Gasteiger partial charge in [-0.1, -0.05) is 23.9 Å². The Labute approximate surface area is 227 Å². The molecular formula is C26H29N2O7S3-. The van der Waals surface area contributed by atoms with Crippen molar-refractivity contribution in [2.45, 2.75) is 45.1 Å². The summed E-state index contributed by atoms with van der Waals surface area (Å²) in [4.78, 5) is 3.21. The molecule has 12 heteroatoms. The topological polar surface area (TPSA) is 135 Å². The minimum atomic E-state index is -4.41. The molecule has 1 aliphatic rings. The average molecular weight is 578 g/mol. The van der Waals surface area contributed by atoms with Gasteiger partial charge in [0.2, 0.25) is 5.58 Å². The summed E-state index contributed by atoms with van der Waals surface area (Å²) in [6.45, 7) is 6.50. The van der Waals surface area contributed by atoms with Crippen molar-refractivity contribution in [2.75, 3.05) is 23.0 Å². The van der Waals surface area contributed by atoms with E-state index in [1.807, 2.05) is 32.1 Å². The summed E-state index contributed by atoms with van der Waals surface area (Å²) in [5.74, 6) is -0.529. The van der Waals surface area contributed by atoms with Crippen molar-refractivity contribution in [2.24, 2.45) is 0 Å². The monoisotopic (exact) mass is 577 g/mol. The zero-order valence-electron chi connectivity index (χ0n) is 21.3. The first-order chi connectivity index (χ1) is 17.8. The van der Waals surface area contributed by atoms with Gasteiger partial charge in [0.25, 0.3) is 5.52 Å². The van der Waals surface area contributed by atoms with E-state index in [4.69, 9.17) is 4.42 Å². The van der Waals surface area contributed by atoms with Crippen LogP contribution in [0.3, 0.4) is 0 Å². The highest BCUT2D eigenvalue weighted by atomic mass is 32.2. The summed E-state index contributed by atoms with van der Waals surface area (Å²) in [6.07, 6.45) is 4.59. The Morgan fingerprint density at radius 1 is 1.03 bits per heavy atom. The second kappa shape index (κ2) is 11.2. The molecule has 9 nitrogen and oxygen atoms in total. The molecule has 3 aromatic rings. The lowest BCUT2D eigenvalue weighted by atomic mass is 10.1. The molecular weight excluding hydrogens is 548 g/mol. The lowest BCUT2D eigenvalue weighted by Gasteiger charge is -2.21. The van der Waals surface area contributed by atoms with E-state index < -0.39 is 31.7 Å². The van der Waals surface area contributed by atoms with Crippen LogP contribution in [0.15, 0.2) is 62.4 Å². The fourth-order valence-electron chi connectivity index (χ4n) is 4.27. The minimum Gasteiger partial charge on any atom is -0.748 e. The van der Waals surface area contributed by atoms with Crippen LogP contribution in [0.1, 0.15) is 36.8 Å². The minimum absolute atomic E-state index is 0.0357. The van der Waals surface area contributed by atoms with Gasteiger partial charge in [-0.05, 0) is 74.6 Å². The molecule has 2 heterocycles. The van der Waals surface area contributed by atoms with E-state index in [0.29, 0.717) is 30.0 Å². The van der Waals surface area contributed by atoms with Crippen molar-refractivity contribution in [3.63, 3.8) is 0 Å². The van der Waals surface area contributed by atoms with Crippen molar-refractivity contribution >= 4 is 54.9 Å². The van der Waals surface area contributed by atoms with E-state index in [1.54, 1.807) is 34.5 Å². The van der Waals surface area contributed by atoms with Crippen molar-refractivity contribution in [1.29, 1.82) is 0 Å². The van der Waals surface area contributed by atoms with Gasteiger partial charge in [0, 0.05) is 23.3 Å². The molecule has 38 heavy (non-hydrogen) atoms. The number of allylic oxidation sites excluding steroid dienone is 2. The van der Waals surface area contributed by atoms with Crippen LogP contribution < -0.4 is 9.47 Å². The fraction of sp³-hybridized carbons (Fsp3) is 0.346. The number of thioether (sulfide) groups is 1. The maximum absolute atomic E-state index is 11.3. The summed E-state index contributed by atoms with van der Waals surface area (Å²) in [5.41, 5.74) is 5.43. The van der Waals surface area contributed by atoms with E-state index in [0.717, 1.165) is 26.7 Å². The number of aromatic nitrogens is 1. The zero-order valence-corrected chi connectivity index (χ0v) is 23.8.